The first-order valence-corrected chi connectivity index (χ1v) is 7.15. The first-order chi connectivity index (χ1) is 9.56. The van der Waals surface area contributed by atoms with Gasteiger partial charge in [0.2, 0.25) is 0 Å². The molecule has 4 nitrogen and oxygen atoms in total. The lowest BCUT2D eigenvalue weighted by Gasteiger charge is -2.12. The molecule has 0 saturated heterocycles. The second kappa shape index (κ2) is 6.16. The minimum Gasteiger partial charge on any atom is -0.496 e. The van der Waals surface area contributed by atoms with Crippen molar-refractivity contribution in [2.45, 2.75) is 0 Å². The van der Waals surface area contributed by atoms with Gasteiger partial charge < -0.3 is 15.2 Å². The number of anilines is 1. The number of rotatable bonds is 3. The predicted octanol–water partition coefficient (Wildman–Crippen LogP) is 4.47. The Morgan fingerprint density at radius 3 is 2.40 bits per heavy atom. The molecule has 20 heavy (non-hydrogen) atoms. The lowest BCUT2D eigenvalue weighted by molar-refractivity contribution is 0.409. The van der Waals surface area contributed by atoms with Crippen LogP contribution in [0.15, 0.2) is 39.3 Å². The first-order valence-electron chi connectivity index (χ1n) is 5.56. The van der Waals surface area contributed by atoms with E-state index in [9.17, 15) is 0 Å². The van der Waals surface area contributed by atoms with E-state index in [2.05, 4.69) is 31.9 Å². The molecule has 0 bridgehead atoms. The van der Waals surface area contributed by atoms with Gasteiger partial charge in [0.05, 0.1) is 27.3 Å². The molecular weight excluding hydrogens is 388 g/mol. The van der Waals surface area contributed by atoms with Gasteiger partial charge in [-0.15, -0.1) is 0 Å². The van der Waals surface area contributed by atoms with E-state index in [0.717, 1.165) is 8.95 Å². The van der Waals surface area contributed by atoms with Crippen LogP contribution in [0.5, 0.6) is 17.2 Å². The monoisotopic (exact) mass is 396 g/mol. The lowest BCUT2D eigenvalue weighted by Crippen LogP contribution is -1.96. The molecule has 6 heteroatoms. The number of ether oxygens (including phenoxy) is 2. The molecule has 0 aromatic heterocycles. The second-order valence-electron chi connectivity index (χ2n) is 3.85. The van der Waals surface area contributed by atoms with E-state index in [0.29, 0.717) is 28.5 Å². The van der Waals surface area contributed by atoms with E-state index in [-0.39, 0.29) is 0 Å². The van der Waals surface area contributed by atoms with Crippen molar-refractivity contribution in [2.24, 2.45) is 0 Å². The number of hydrogen-bond acceptors (Lipinski definition) is 4. The van der Waals surface area contributed by atoms with E-state index < -0.39 is 0 Å². The summed E-state index contributed by atoms with van der Waals surface area (Å²) < 4.78 is 12.4. The Bertz CT molecular complexity index is 696. The third kappa shape index (κ3) is 2.89. The molecule has 0 fully saturated rings. The molecule has 102 valence electrons. The number of nitriles is 1. The van der Waals surface area contributed by atoms with Crippen LogP contribution in [0, 0.1) is 11.3 Å². The highest BCUT2D eigenvalue weighted by molar-refractivity contribution is 9.11. The zero-order chi connectivity index (χ0) is 14.7. The number of nitrogens with two attached hydrogens (primary N) is 1. The van der Waals surface area contributed by atoms with Gasteiger partial charge in [-0.05, 0) is 56.1 Å². The van der Waals surface area contributed by atoms with Gasteiger partial charge in [0.1, 0.15) is 17.6 Å². The summed E-state index contributed by atoms with van der Waals surface area (Å²) >= 11 is 6.80. The van der Waals surface area contributed by atoms with Crippen molar-refractivity contribution in [2.75, 3.05) is 12.8 Å². The fourth-order valence-electron chi connectivity index (χ4n) is 1.59. The molecular formula is C14H10Br2N2O2. The normalized spacial score (nSPS) is 9.90. The Balaban J connectivity index is 2.41. The van der Waals surface area contributed by atoms with Gasteiger partial charge in [-0.2, -0.15) is 5.26 Å². The van der Waals surface area contributed by atoms with E-state index in [1.165, 1.54) is 0 Å². The fourth-order valence-corrected chi connectivity index (χ4v) is 2.48. The van der Waals surface area contributed by atoms with Gasteiger partial charge in [0.15, 0.2) is 5.75 Å². The highest BCUT2D eigenvalue weighted by Gasteiger charge is 2.12. The fraction of sp³-hybridized carbons (Fsp3) is 0.0714. The molecule has 2 N–H and O–H groups in total. The largest absolute Gasteiger partial charge is 0.496 e. The standard InChI is InChI=1S/C14H10Br2N2O2/c1-19-12-5-10(16)13(6-9(12)15)20-11-4-2-3-8(7-17)14(11)18/h2-6H,18H2,1H3. The molecule has 0 aliphatic carbocycles. The summed E-state index contributed by atoms with van der Waals surface area (Å²) in [5.74, 6) is 1.68. The Kier molecular flexibility index (Phi) is 4.53. The minimum absolute atomic E-state index is 0.314. The van der Waals surface area contributed by atoms with E-state index in [4.69, 9.17) is 20.5 Å². The molecule has 0 aliphatic rings. The molecule has 0 spiro atoms. The van der Waals surface area contributed by atoms with Crippen LogP contribution in [-0.4, -0.2) is 7.11 Å². The number of nitrogens with zero attached hydrogens (tertiary/aromatic N) is 1. The van der Waals surface area contributed by atoms with Crippen molar-refractivity contribution in [3.8, 4) is 23.3 Å². The van der Waals surface area contributed by atoms with Gasteiger partial charge in [0, 0.05) is 0 Å². The molecule has 0 unspecified atom stereocenters. The van der Waals surface area contributed by atoms with Crippen molar-refractivity contribution in [1.82, 2.24) is 0 Å². The van der Waals surface area contributed by atoms with Crippen LogP contribution in [0.2, 0.25) is 0 Å². The van der Waals surface area contributed by atoms with Gasteiger partial charge in [-0.1, -0.05) is 6.07 Å². The zero-order valence-electron chi connectivity index (χ0n) is 10.5. The van der Waals surface area contributed by atoms with Crippen LogP contribution in [0.1, 0.15) is 5.56 Å². The number of nitrogen functional groups attached to an aromatic ring is 1. The highest BCUT2D eigenvalue weighted by Crippen LogP contribution is 2.39. The zero-order valence-corrected chi connectivity index (χ0v) is 13.7. The van der Waals surface area contributed by atoms with Crippen LogP contribution < -0.4 is 15.2 Å². The third-order valence-corrected chi connectivity index (χ3v) is 3.85. The highest BCUT2D eigenvalue weighted by atomic mass is 79.9. The molecule has 0 amide bonds. The number of halogens is 2. The summed E-state index contributed by atoms with van der Waals surface area (Å²) in [5.41, 5.74) is 6.58. The van der Waals surface area contributed by atoms with Crippen molar-refractivity contribution >= 4 is 37.5 Å². The quantitative estimate of drug-likeness (QED) is 0.776. The lowest BCUT2D eigenvalue weighted by atomic mass is 10.2. The third-order valence-electron chi connectivity index (χ3n) is 2.61. The Labute approximate surface area is 133 Å². The molecule has 0 radical (unpaired) electrons. The molecule has 0 atom stereocenters. The van der Waals surface area contributed by atoms with Crippen LogP contribution in [0.3, 0.4) is 0 Å². The van der Waals surface area contributed by atoms with E-state index in [1.54, 1.807) is 37.4 Å². The van der Waals surface area contributed by atoms with Crippen molar-refractivity contribution in [3.05, 3.63) is 44.8 Å². The summed E-state index contributed by atoms with van der Waals surface area (Å²) in [6, 6.07) is 10.6. The summed E-state index contributed by atoms with van der Waals surface area (Å²) in [7, 11) is 1.58. The molecule has 0 saturated carbocycles. The number of hydrogen-bond donors (Lipinski definition) is 1. The average molecular weight is 398 g/mol. The van der Waals surface area contributed by atoms with Crippen LogP contribution in [-0.2, 0) is 0 Å². The maximum absolute atomic E-state index is 8.96. The summed E-state index contributed by atoms with van der Waals surface area (Å²) in [6.07, 6.45) is 0. The molecule has 0 heterocycles. The van der Waals surface area contributed by atoms with Crippen LogP contribution in [0.25, 0.3) is 0 Å². The maximum atomic E-state index is 8.96. The number of para-hydroxylation sites is 1. The van der Waals surface area contributed by atoms with Gasteiger partial charge >= 0.3 is 0 Å². The first kappa shape index (κ1) is 14.7. The average Bonchev–Trinajstić information content (AvgIpc) is 2.44. The Hall–Kier alpha value is -1.71. The van der Waals surface area contributed by atoms with Gasteiger partial charge in [0.25, 0.3) is 0 Å². The van der Waals surface area contributed by atoms with Gasteiger partial charge in [-0.3, -0.25) is 0 Å². The Morgan fingerprint density at radius 2 is 1.75 bits per heavy atom. The second-order valence-corrected chi connectivity index (χ2v) is 5.56. The van der Waals surface area contributed by atoms with E-state index >= 15 is 0 Å². The van der Waals surface area contributed by atoms with E-state index in [1.807, 2.05) is 6.07 Å². The van der Waals surface area contributed by atoms with Crippen molar-refractivity contribution in [1.29, 1.82) is 5.26 Å². The predicted molar refractivity (Wildman–Crippen MR) is 84.0 cm³/mol. The van der Waals surface area contributed by atoms with Crippen LogP contribution >= 0.6 is 31.9 Å². The molecule has 2 rings (SSSR count). The Morgan fingerprint density at radius 1 is 1.10 bits per heavy atom. The minimum atomic E-state index is 0.314. The topological polar surface area (TPSA) is 68.3 Å². The number of methoxy groups -OCH3 is 1. The summed E-state index contributed by atoms with van der Waals surface area (Å²) in [6.45, 7) is 0. The maximum Gasteiger partial charge on any atom is 0.151 e. The summed E-state index contributed by atoms with van der Waals surface area (Å²) in [5, 5.41) is 8.96. The van der Waals surface area contributed by atoms with Crippen molar-refractivity contribution < 1.29 is 9.47 Å². The SMILES string of the molecule is COc1cc(Br)c(Oc2cccc(C#N)c2N)cc1Br. The molecule has 2 aromatic rings. The molecule has 2 aromatic carbocycles. The summed E-state index contributed by atoms with van der Waals surface area (Å²) in [4.78, 5) is 0. The smallest absolute Gasteiger partial charge is 0.151 e. The van der Waals surface area contributed by atoms with Crippen molar-refractivity contribution in [3.63, 3.8) is 0 Å². The molecule has 0 aliphatic heterocycles. The van der Waals surface area contributed by atoms with Crippen LogP contribution in [0.4, 0.5) is 5.69 Å². The van der Waals surface area contributed by atoms with Gasteiger partial charge in [-0.25, -0.2) is 0 Å². The number of benzene rings is 2.